The summed E-state index contributed by atoms with van der Waals surface area (Å²) >= 11 is 1.43. The fraction of sp³-hybridized carbons (Fsp3) is 0.450. The van der Waals surface area contributed by atoms with Crippen LogP contribution in [0.2, 0.25) is 0 Å². The van der Waals surface area contributed by atoms with Crippen molar-refractivity contribution in [2.45, 2.75) is 39.3 Å². The lowest BCUT2D eigenvalue weighted by atomic mass is 9.99. The van der Waals surface area contributed by atoms with Gasteiger partial charge in [-0.1, -0.05) is 6.92 Å². The van der Waals surface area contributed by atoms with Crippen molar-refractivity contribution in [3.05, 3.63) is 40.9 Å². The fourth-order valence-electron chi connectivity index (χ4n) is 2.96. The predicted octanol–water partition coefficient (Wildman–Crippen LogP) is 3.65. The minimum atomic E-state index is -0.658. The van der Waals surface area contributed by atoms with E-state index < -0.39 is 6.10 Å². The van der Waals surface area contributed by atoms with E-state index in [0.717, 1.165) is 31.2 Å². The van der Waals surface area contributed by atoms with Gasteiger partial charge in [-0.25, -0.2) is 4.98 Å². The number of carbonyl (C=O) groups is 1. The molecular weight excluding hydrogens is 360 g/mol. The van der Waals surface area contributed by atoms with Crippen LogP contribution in [0.4, 0.5) is 5.13 Å². The molecule has 3 rings (SSSR count). The van der Waals surface area contributed by atoms with Crippen molar-refractivity contribution in [3.63, 3.8) is 0 Å². The maximum atomic E-state index is 12.3. The fourth-order valence-corrected chi connectivity index (χ4v) is 3.66. The number of anilines is 1. The molecule has 1 aliphatic rings. The number of amides is 1. The molecule has 1 aromatic heterocycles. The first-order valence-electron chi connectivity index (χ1n) is 9.18. The standard InChI is InChI=1S/C20H24N4O2S/c1-14-7-9-24(10-8-14)12-17-13-27-20(22-17)23-19(25)15(2)26-18-5-3-16(11-21)4-6-18/h3-6,13-15H,7-10,12H2,1-2H3,(H,22,23,25)/t15-/m1/s1. The molecule has 0 aliphatic carbocycles. The molecule has 0 spiro atoms. The van der Waals surface area contributed by atoms with Crippen LogP contribution in [-0.2, 0) is 11.3 Å². The van der Waals surface area contributed by atoms with Gasteiger partial charge in [0.2, 0.25) is 0 Å². The van der Waals surface area contributed by atoms with E-state index in [1.807, 2.05) is 5.38 Å². The lowest BCUT2D eigenvalue weighted by Crippen LogP contribution is -2.32. The predicted molar refractivity (Wildman–Crippen MR) is 106 cm³/mol. The smallest absolute Gasteiger partial charge is 0.266 e. The summed E-state index contributed by atoms with van der Waals surface area (Å²) in [6, 6.07) is 8.74. The maximum absolute atomic E-state index is 12.3. The van der Waals surface area contributed by atoms with Gasteiger partial charge in [-0.15, -0.1) is 11.3 Å². The number of ether oxygens (including phenoxy) is 1. The van der Waals surface area contributed by atoms with Crippen molar-refractivity contribution in [1.82, 2.24) is 9.88 Å². The van der Waals surface area contributed by atoms with Crippen LogP contribution in [-0.4, -0.2) is 35.0 Å². The van der Waals surface area contributed by atoms with E-state index in [1.54, 1.807) is 31.2 Å². The Morgan fingerprint density at radius 1 is 1.41 bits per heavy atom. The van der Waals surface area contributed by atoms with Gasteiger partial charge in [0.1, 0.15) is 5.75 Å². The Balaban J connectivity index is 1.50. The highest BCUT2D eigenvalue weighted by Gasteiger charge is 2.19. The average Bonchev–Trinajstić information content (AvgIpc) is 3.11. The van der Waals surface area contributed by atoms with E-state index >= 15 is 0 Å². The zero-order valence-electron chi connectivity index (χ0n) is 15.6. The Bertz CT molecular complexity index is 804. The molecule has 6 nitrogen and oxygen atoms in total. The minimum Gasteiger partial charge on any atom is -0.481 e. The molecule has 1 aromatic carbocycles. The topological polar surface area (TPSA) is 78.3 Å². The molecule has 1 N–H and O–H groups in total. The highest BCUT2D eigenvalue weighted by atomic mass is 32.1. The summed E-state index contributed by atoms with van der Waals surface area (Å²) in [6.07, 6.45) is 1.81. The molecule has 1 fully saturated rings. The third-order valence-electron chi connectivity index (χ3n) is 4.71. The van der Waals surface area contributed by atoms with E-state index in [-0.39, 0.29) is 5.91 Å². The van der Waals surface area contributed by atoms with Crippen LogP contribution < -0.4 is 10.1 Å². The third-order valence-corrected chi connectivity index (χ3v) is 5.52. The van der Waals surface area contributed by atoms with Gasteiger partial charge in [0.05, 0.1) is 17.3 Å². The van der Waals surface area contributed by atoms with Crippen LogP contribution in [0.15, 0.2) is 29.6 Å². The van der Waals surface area contributed by atoms with Crippen molar-refractivity contribution < 1.29 is 9.53 Å². The summed E-state index contributed by atoms with van der Waals surface area (Å²) in [5, 5.41) is 14.2. The number of likely N-dealkylation sites (tertiary alicyclic amines) is 1. The van der Waals surface area contributed by atoms with Crippen LogP contribution in [0.1, 0.15) is 37.9 Å². The van der Waals surface area contributed by atoms with Gasteiger partial charge in [0.25, 0.3) is 5.91 Å². The monoisotopic (exact) mass is 384 g/mol. The molecule has 1 aliphatic heterocycles. The summed E-state index contributed by atoms with van der Waals surface area (Å²) in [5.41, 5.74) is 1.54. The van der Waals surface area contributed by atoms with E-state index in [4.69, 9.17) is 10.00 Å². The second-order valence-electron chi connectivity index (χ2n) is 6.99. The summed E-state index contributed by atoms with van der Waals surface area (Å²) in [5.74, 6) is 1.12. The van der Waals surface area contributed by atoms with E-state index in [0.29, 0.717) is 16.4 Å². The molecule has 0 radical (unpaired) electrons. The van der Waals surface area contributed by atoms with E-state index in [2.05, 4.69) is 28.2 Å². The van der Waals surface area contributed by atoms with Crippen molar-refractivity contribution in [2.75, 3.05) is 18.4 Å². The van der Waals surface area contributed by atoms with Crippen LogP contribution in [0.5, 0.6) is 5.75 Å². The van der Waals surface area contributed by atoms with Gasteiger partial charge in [-0.05, 0) is 63.0 Å². The molecule has 27 heavy (non-hydrogen) atoms. The molecule has 1 amide bonds. The quantitative estimate of drug-likeness (QED) is 0.822. The van der Waals surface area contributed by atoms with Crippen molar-refractivity contribution >= 4 is 22.4 Å². The lowest BCUT2D eigenvalue weighted by molar-refractivity contribution is -0.122. The summed E-state index contributed by atoms with van der Waals surface area (Å²) in [4.78, 5) is 19.3. The number of nitrogens with zero attached hydrogens (tertiary/aromatic N) is 3. The molecule has 7 heteroatoms. The number of carbonyl (C=O) groups excluding carboxylic acids is 1. The second-order valence-corrected chi connectivity index (χ2v) is 7.85. The van der Waals surface area contributed by atoms with Gasteiger partial charge in [-0.2, -0.15) is 5.26 Å². The summed E-state index contributed by atoms with van der Waals surface area (Å²) in [7, 11) is 0. The number of hydrogen-bond donors (Lipinski definition) is 1. The molecule has 2 heterocycles. The Labute approximate surface area is 163 Å². The zero-order valence-corrected chi connectivity index (χ0v) is 16.5. The van der Waals surface area contributed by atoms with Crippen molar-refractivity contribution in [2.24, 2.45) is 5.92 Å². The number of thiazole rings is 1. The molecule has 1 saturated heterocycles. The molecule has 0 bridgehead atoms. The Hall–Kier alpha value is -2.43. The lowest BCUT2D eigenvalue weighted by Gasteiger charge is -2.29. The first-order chi connectivity index (χ1) is 13.0. The van der Waals surface area contributed by atoms with Gasteiger partial charge in [-0.3, -0.25) is 15.0 Å². The van der Waals surface area contributed by atoms with Gasteiger partial charge < -0.3 is 4.74 Å². The number of rotatable bonds is 6. The molecular formula is C20H24N4O2S. The van der Waals surface area contributed by atoms with Crippen molar-refractivity contribution in [3.8, 4) is 11.8 Å². The van der Waals surface area contributed by atoms with Crippen LogP contribution in [0, 0.1) is 17.2 Å². The third kappa shape index (κ3) is 5.52. The highest BCUT2D eigenvalue weighted by molar-refractivity contribution is 7.13. The molecule has 0 unspecified atom stereocenters. The number of piperidine rings is 1. The van der Waals surface area contributed by atoms with Crippen molar-refractivity contribution in [1.29, 1.82) is 5.26 Å². The number of benzene rings is 1. The van der Waals surface area contributed by atoms with Gasteiger partial charge >= 0.3 is 0 Å². The number of nitriles is 1. The van der Waals surface area contributed by atoms with E-state index in [9.17, 15) is 4.79 Å². The van der Waals surface area contributed by atoms with Crippen LogP contribution in [0.25, 0.3) is 0 Å². The molecule has 2 aromatic rings. The van der Waals surface area contributed by atoms with Crippen LogP contribution in [0.3, 0.4) is 0 Å². The van der Waals surface area contributed by atoms with Gasteiger partial charge in [0.15, 0.2) is 11.2 Å². The zero-order chi connectivity index (χ0) is 19.2. The number of nitrogens with one attached hydrogen (secondary N) is 1. The van der Waals surface area contributed by atoms with E-state index in [1.165, 1.54) is 24.2 Å². The Morgan fingerprint density at radius 2 is 2.11 bits per heavy atom. The molecule has 1 atom stereocenters. The summed E-state index contributed by atoms with van der Waals surface area (Å²) in [6.45, 7) is 7.04. The molecule has 142 valence electrons. The average molecular weight is 385 g/mol. The van der Waals surface area contributed by atoms with Gasteiger partial charge in [0, 0.05) is 11.9 Å². The maximum Gasteiger partial charge on any atom is 0.266 e. The minimum absolute atomic E-state index is 0.243. The Kier molecular flexibility index (Phi) is 6.43. The highest BCUT2D eigenvalue weighted by Crippen LogP contribution is 2.21. The first-order valence-corrected chi connectivity index (χ1v) is 10.1. The SMILES string of the molecule is CC1CCN(Cc2csc(NC(=O)[C@@H](C)Oc3ccc(C#N)cc3)n2)CC1. The normalized spacial score (nSPS) is 16.5. The first kappa shape index (κ1) is 19.3. The number of aromatic nitrogens is 1. The largest absolute Gasteiger partial charge is 0.481 e. The van der Waals surface area contributed by atoms with Crippen LogP contribution >= 0.6 is 11.3 Å². The Morgan fingerprint density at radius 3 is 2.78 bits per heavy atom. The molecule has 0 saturated carbocycles. The summed E-state index contributed by atoms with van der Waals surface area (Å²) < 4.78 is 5.63. The number of hydrogen-bond acceptors (Lipinski definition) is 6. The second kappa shape index (κ2) is 8.98.